The van der Waals surface area contributed by atoms with Crippen LogP contribution in [0.1, 0.15) is 25.8 Å². The van der Waals surface area contributed by atoms with E-state index < -0.39 is 12.8 Å². The third kappa shape index (κ3) is 12.1. The molecule has 0 saturated carbocycles. The maximum atomic E-state index is 12.2. The molecule has 1 heterocycles. The van der Waals surface area contributed by atoms with Gasteiger partial charge in [-0.25, -0.2) is 9.98 Å². The fraction of sp³-hybridized carbons (Fsp3) is 0.625. The molecule has 0 radical (unpaired) electrons. The number of halogens is 4. The van der Waals surface area contributed by atoms with E-state index in [1.54, 1.807) is 6.07 Å². The highest BCUT2D eigenvalue weighted by Gasteiger charge is 2.28. The summed E-state index contributed by atoms with van der Waals surface area (Å²) in [5.41, 5.74) is 0.707. The van der Waals surface area contributed by atoms with E-state index >= 15 is 0 Å². The van der Waals surface area contributed by atoms with Crippen LogP contribution < -0.4 is 15.4 Å². The SMILES string of the molecule is CCNC(=NCc1ccnc(OCC(F)(F)F)c1)NCCCOCC.I. The summed E-state index contributed by atoms with van der Waals surface area (Å²) >= 11 is 0. The average Bonchev–Trinajstić information content (AvgIpc) is 2.57. The molecule has 0 fully saturated rings. The van der Waals surface area contributed by atoms with Gasteiger partial charge in [-0.2, -0.15) is 13.2 Å². The molecule has 0 aliphatic rings. The average molecular weight is 490 g/mol. The van der Waals surface area contributed by atoms with Gasteiger partial charge in [0.15, 0.2) is 12.6 Å². The second-order valence-electron chi connectivity index (χ2n) is 5.08. The molecule has 150 valence electrons. The molecule has 10 heteroatoms. The number of alkyl halides is 3. The molecule has 0 aromatic carbocycles. The number of hydrogen-bond donors (Lipinski definition) is 2. The lowest BCUT2D eigenvalue weighted by atomic mass is 10.3. The first kappa shape index (κ1) is 24.7. The number of nitrogens with one attached hydrogen (secondary N) is 2. The van der Waals surface area contributed by atoms with Gasteiger partial charge in [0.1, 0.15) is 0 Å². The van der Waals surface area contributed by atoms with Crippen LogP contribution in [-0.4, -0.2) is 50.0 Å². The Morgan fingerprint density at radius 3 is 2.69 bits per heavy atom. The number of rotatable bonds is 10. The molecule has 1 aromatic rings. The van der Waals surface area contributed by atoms with E-state index in [0.717, 1.165) is 6.42 Å². The van der Waals surface area contributed by atoms with Gasteiger partial charge in [-0.3, -0.25) is 0 Å². The topological polar surface area (TPSA) is 67.8 Å². The number of nitrogens with zero attached hydrogens (tertiary/aromatic N) is 2. The number of guanidine groups is 1. The fourth-order valence-corrected chi connectivity index (χ4v) is 1.82. The van der Waals surface area contributed by atoms with E-state index in [4.69, 9.17) is 4.74 Å². The minimum Gasteiger partial charge on any atom is -0.468 e. The molecule has 1 rings (SSSR count). The second-order valence-corrected chi connectivity index (χ2v) is 5.08. The van der Waals surface area contributed by atoms with E-state index in [9.17, 15) is 13.2 Å². The van der Waals surface area contributed by atoms with Gasteiger partial charge in [-0.15, -0.1) is 24.0 Å². The summed E-state index contributed by atoms with van der Waals surface area (Å²) in [4.78, 5) is 8.17. The highest BCUT2D eigenvalue weighted by atomic mass is 127. The van der Waals surface area contributed by atoms with E-state index in [1.165, 1.54) is 12.3 Å². The first-order valence-electron chi connectivity index (χ1n) is 8.19. The number of aliphatic imine (C=N–C) groups is 1. The van der Waals surface area contributed by atoms with E-state index in [2.05, 4.69) is 25.3 Å². The van der Waals surface area contributed by atoms with E-state index in [1.807, 2.05) is 13.8 Å². The Balaban J connectivity index is 0.00000625. The zero-order valence-corrected chi connectivity index (χ0v) is 17.3. The van der Waals surface area contributed by atoms with Gasteiger partial charge in [0.25, 0.3) is 0 Å². The molecule has 0 spiro atoms. The normalized spacial score (nSPS) is 11.7. The summed E-state index contributed by atoms with van der Waals surface area (Å²) < 4.78 is 46.4. The molecule has 0 bridgehead atoms. The van der Waals surface area contributed by atoms with Crippen LogP contribution in [0.2, 0.25) is 0 Å². The summed E-state index contributed by atoms with van der Waals surface area (Å²) in [7, 11) is 0. The van der Waals surface area contributed by atoms with Crippen molar-refractivity contribution in [2.24, 2.45) is 4.99 Å². The van der Waals surface area contributed by atoms with Gasteiger partial charge in [0, 0.05) is 38.6 Å². The van der Waals surface area contributed by atoms with Gasteiger partial charge in [-0.05, 0) is 31.9 Å². The molecule has 0 atom stereocenters. The van der Waals surface area contributed by atoms with Crippen molar-refractivity contribution in [2.75, 3.05) is 32.9 Å². The molecule has 0 aliphatic carbocycles. The van der Waals surface area contributed by atoms with Crippen molar-refractivity contribution in [3.05, 3.63) is 23.9 Å². The van der Waals surface area contributed by atoms with Gasteiger partial charge in [-0.1, -0.05) is 0 Å². The Morgan fingerprint density at radius 1 is 1.27 bits per heavy atom. The smallest absolute Gasteiger partial charge is 0.422 e. The monoisotopic (exact) mass is 490 g/mol. The molecule has 2 N–H and O–H groups in total. The maximum absolute atomic E-state index is 12.2. The lowest BCUT2D eigenvalue weighted by Crippen LogP contribution is -2.38. The summed E-state index contributed by atoms with van der Waals surface area (Å²) in [5.74, 6) is 0.563. The summed E-state index contributed by atoms with van der Waals surface area (Å²) in [6, 6.07) is 3.14. The van der Waals surface area contributed by atoms with Crippen LogP contribution in [0.3, 0.4) is 0 Å². The molecule has 0 unspecified atom stereocenters. The fourth-order valence-electron chi connectivity index (χ4n) is 1.82. The highest BCUT2D eigenvalue weighted by molar-refractivity contribution is 14.0. The Hall–Kier alpha value is -1.30. The van der Waals surface area contributed by atoms with Crippen LogP contribution >= 0.6 is 24.0 Å². The van der Waals surface area contributed by atoms with Crippen LogP contribution in [0, 0.1) is 0 Å². The van der Waals surface area contributed by atoms with Crippen molar-refractivity contribution in [2.45, 2.75) is 33.0 Å². The molecule has 6 nitrogen and oxygen atoms in total. The van der Waals surface area contributed by atoms with Crippen molar-refractivity contribution in [3.8, 4) is 5.88 Å². The molecule has 1 aromatic heterocycles. The summed E-state index contributed by atoms with van der Waals surface area (Å²) in [6.07, 6.45) is -2.14. The van der Waals surface area contributed by atoms with Crippen molar-refractivity contribution >= 4 is 29.9 Å². The summed E-state index contributed by atoms with van der Waals surface area (Å²) in [5, 5.41) is 6.28. The van der Waals surface area contributed by atoms with Crippen molar-refractivity contribution in [3.63, 3.8) is 0 Å². The molecule has 0 saturated heterocycles. The first-order valence-corrected chi connectivity index (χ1v) is 8.19. The van der Waals surface area contributed by atoms with Gasteiger partial charge in [0.2, 0.25) is 5.88 Å². The molecular weight excluding hydrogens is 464 g/mol. The predicted molar refractivity (Wildman–Crippen MR) is 105 cm³/mol. The third-order valence-electron chi connectivity index (χ3n) is 2.91. The van der Waals surface area contributed by atoms with Crippen LogP contribution in [0.25, 0.3) is 0 Å². The maximum Gasteiger partial charge on any atom is 0.422 e. The number of pyridine rings is 1. The Labute approximate surface area is 169 Å². The van der Waals surface area contributed by atoms with Gasteiger partial charge >= 0.3 is 6.18 Å². The quantitative estimate of drug-likeness (QED) is 0.229. The van der Waals surface area contributed by atoms with Crippen molar-refractivity contribution in [1.82, 2.24) is 15.6 Å². The van der Waals surface area contributed by atoms with Gasteiger partial charge in [0.05, 0.1) is 6.54 Å². The minimum atomic E-state index is -4.39. The van der Waals surface area contributed by atoms with Crippen molar-refractivity contribution in [1.29, 1.82) is 0 Å². The second kappa shape index (κ2) is 13.8. The van der Waals surface area contributed by atoms with Crippen LogP contribution in [-0.2, 0) is 11.3 Å². The van der Waals surface area contributed by atoms with Crippen LogP contribution in [0.5, 0.6) is 5.88 Å². The zero-order chi connectivity index (χ0) is 18.5. The zero-order valence-electron chi connectivity index (χ0n) is 14.9. The predicted octanol–water partition coefficient (Wildman–Crippen LogP) is 3.12. The molecular formula is C16H26F3IN4O2. The Bertz CT molecular complexity index is 530. The number of aromatic nitrogens is 1. The lowest BCUT2D eigenvalue weighted by molar-refractivity contribution is -0.154. The summed E-state index contributed by atoms with van der Waals surface area (Å²) in [6.45, 7) is 5.60. The van der Waals surface area contributed by atoms with E-state index in [-0.39, 0.29) is 29.9 Å². The van der Waals surface area contributed by atoms with Crippen molar-refractivity contribution < 1.29 is 22.6 Å². The van der Waals surface area contributed by atoms with Crippen LogP contribution in [0.15, 0.2) is 23.3 Å². The number of ether oxygens (including phenoxy) is 2. The van der Waals surface area contributed by atoms with Crippen LogP contribution in [0.4, 0.5) is 13.2 Å². The Kier molecular flexibility index (Phi) is 13.2. The lowest BCUT2D eigenvalue weighted by Gasteiger charge is -2.11. The standard InChI is InChI=1S/C16H25F3N4O2.HI/c1-3-20-15(22-7-5-9-24-4-2)23-11-13-6-8-21-14(10-13)25-12-16(17,18)19;/h6,8,10H,3-5,7,9,11-12H2,1-2H3,(H2,20,22,23);1H. The molecule has 0 aliphatic heterocycles. The van der Waals surface area contributed by atoms with E-state index in [0.29, 0.717) is 44.4 Å². The molecule has 26 heavy (non-hydrogen) atoms. The first-order chi connectivity index (χ1) is 11.9. The largest absolute Gasteiger partial charge is 0.468 e. The minimum absolute atomic E-state index is 0. The number of hydrogen-bond acceptors (Lipinski definition) is 4. The highest BCUT2D eigenvalue weighted by Crippen LogP contribution is 2.17. The Morgan fingerprint density at radius 2 is 2.04 bits per heavy atom. The van der Waals surface area contributed by atoms with Gasteiger partial charge < -0.3 is 20.1 Å². The molecule has 0 amide bonds. The third-order valence-corrected chi connectivity index (χ3v) is 2.91.